The van der Waals surface area contributed by atoms with Gasteiger partial charge in [-0.3, -0.25) is 14.4 Å². The molecule has 1 fully saturated rings. The molecule has 5 N–H and O–H groups in total. The van der Waals surface area contributed by atoms with E-state index in [2.05, 4.69) is 41.5 Å². The first kappa shape index (κ1) is 39.0. The maximum atomic E-state index is 13.1. The summed E-state index contributed by atoms with van der Waals surface area (Å²) in [5.41, 5.74) is 1.15. The van der Waals surface area contributed by atoms with Crippen LogP contribution in [0, 0.1) is 0 Å². The first-order valence-electron chi connectivity index (χ1n) is 16.2. The van der Waals surface area contributed by atoms with Crippen LogP contribution in [-0.4, -0.2) is 78.2 Å². The number of ether oxygens (including phenoxy) is 3. The zero-order valence-corrected chi connectivity index (χ0v) is 29.5. The largest absolute Gasteiger partial charge is 0.497 e. The van der Waals surface area contributed by atoms with Crippen LogP contribution in [0.25, 0.3) is 0 Å². The van der Waals surface area contributed by atoms with Gasteiger partial charge in [0.25, 0.3) is 5.91 Å². The van der Waals surface area contributed by atoms with E-state index in [4.69, 9.17) is 25.8 Å². The Morgan fingerprint density at radius 3 is 2.24 bits per heavy atom. The van der Waals surface area contributed by atoms with E-state index < -0.39 is 54.1 Å². The van der Waals surface area contributed by atoms with Crippen LogP contribution in [0.15, 0.2) is 72.8 Å². The van der Waals surface area contributed by atoms with Gasteiger partial charge in [0.15, 0.2) is 6.61 Å². The molecule has 0 saturated heterocycles. The third-order valence-electron chi connectivity index (χ3n) is 7.92. The minimum atomic E-state index is -4.64. The average Bonchev–Trinajstić information content (AvgIpc) is 3.93. The van der Waals surface area contributed by atoms with E-state index in [-0.39, 0.29) is 30.4 Å². The Hall–Kier alpha value is -6.17. The van der Waals surface area contributed by atoms with Crippen molar-refractivity contribution in [3.63, 3.8) is 0 Å². The standard InChI is InChI=1S/C35H34ClF3N8O7/c1-52-25-5-3-4-24(18-25)41-29(50)28(49)40-17-14-26(30(51)53-2)43-27(48)20-6-12-23(13-7-20)42-31-44-32(46-33(45-31)54-19-35(37,38)39)47-34(15-16-34)21-8-10-22(36)11-9-21/h3-13,18,26H,14-17,19H2,1-2H3,(H,40,49)(H,41,50)(H,43,48)(H2,42,44,45,46,47)/t26-/m0/s1. The fourth-order valence-corrected chi connectivity index (χ4v) is 5.16. The van der Waals surface area contributed by atoms with E-state index in [1.807, 2.05) is 12.1 Å². The molecule has 0 spiro atoms. The number of carbonyl (C=O) groups is 4. The lowest BCUT2D eigenvalue weighted by Crippen LogP contribution is -2.44. The lowest BCUT2D eigenvalue weighted by molar-refractivity contribution is -0.154. The summed E-state index contributed by atoms with van der Waals surface area (Å²) in [6, 6.07) is 17.5. The van der Waals surface area contributed by atoms with E-state index in [9.17, 15) is 32.3 Å². The smallest absolute Gasteiger partial charge is 0.422 e. The number of benzene rings is 3. The average molecular weight is 771 g/mol. The predicted octanol–water partition coefficient (Wildman–Crippen LogP) is 4.74. The Bertz CT molecular complexity index is 1980. The predicted molar refractivity (Wildman–Crippen MR) is 190 cm³/mol. The van der Waals surface area contributed by atoms with Crippen LogP contribution in [0.2, 0.25) is 5.02 Å². The highest BCUT2D eigenvalue weighted by molar-refractivity contribution is 6.39. The summed E-state index contributed by atoms with van der Waals surface area (Å²) in [6.07, 6.45) is -3.33. The number of hydrogen-bond acceptors (Lipinski definition) is 12. The van der Waals surface area contributed by atoms with Crippen LogP contribution in [0.5, 0.6) is 11.8 Å². The Kier molecular flexibility index (Phi) is 12.4. The van der Waals surface area contributed by atoms with E-state index in [0.717, 1.165) is 12.7 Å². The zero-order chi connectivity index (χ0) is 38.9. The molecule has 1 atom stereocenters. The van der Waals surface area contributed by atoms with Crippen molar-refractivity contribution >= 4 is 58.6 Å². The number of anilines is 4. The Labute approximate surface area is 311 Å². The molecular weight excluding hydrogens is 737 g/mol. The van der Waals surface area contributed by atoms with Gasteiger partial charge in [-0.2, -0.15) is 28.1 Å². The van der Waals surface area contributed by atoms with Crippen LogP contribution in [0.1, 0.15) is 35.2 Å². The van der Waals surface area contributed by atoms with Crippen molar-refractivity contribution in [3.8, 4) is 11.8 Å². The monoisotopic (exact) mass is 770 g/mol. The van der Waals surface area contributed by atoms with Crippen molar-refractivity contribution in [2.75, 3.05) is 43.3 Å². The molecule has 0 unspecified atom stereocenters. The fraction of sp³-hybridized carbons (Fsp3) is 0.286. The summed E-state index contributed by atoms with van der Waals surface area (Å²) in [4.78, 5) is 62.5. The molecule has 1 saturated carbocycles. The topological polar surface area (TPSA) is 195 Å². The molecule has 1 heterocycles. The van der Waals surface area contributed by atoms with Crippen LogP contribution in [-0.2, 0) is 24.7 Å². The van der Waals surface area contributed by atoms with Gasteiger partial charge in [-0.15, -0.1) is 0 Å². The highest BCUT2D eigenvalue weighted by Gasteiger charge is 2.45. The van der Waals surface area contributed by atoms with Crippen molar-refractivity contribution in [2.24, 2.45) is 0 Å². The Morgan fingerprint density at radius 2 is 1.59 bits per heavy atom. The normalized spacial score (nSPS) is 13.4. The van der Waals surface area contributed by atoms with Gasteiger partial charge in [0, 0.05) is 34.6 Å². The van der Waals surface area contributed by atoms with Gasteiger partial charge in [-0.05, 0) is 73.4 Å². The van der Waals surface area contributed by atoms with Gasteiger partial charge in [0.2, 0.25) is 11.9 Å². The Morgan fingerprint density at radius 1 is 0.889 bits per heavy atom. The van der Waals surface area contributed by atoms with Gasteiger partial charge in [-0.1, -0.05) is 29.8 Å². The lowest BCUT2D eigenvalue weighted by atomic mass is 10.1. The van der Waals surface area contributed by atoms with Crippen LogP contribution >= 0.6 is 11.6 Å². The molecular formula is C35H34ClF3N8O7. The van der Waals surface area contributed by atoms with Gasteiger partial charge in [0.05, 0.1) is 19.8 Å². The van der Waals surface area contributed by atoms with Crippen molar-refractivity contribution in [2.45, 2.75) is 37.0 Å². The van der Waals surface area contributed by atoms with E-state index in [0.29, 0.717) is 35.0 Å². The second-order valence-electron chi connectivity index (χ2n) is 11.9. The van der Waals surface area contributed by atoms with E-state index in [1.54, 1.807) is 30.3 Å². The molecule has 3 aromatic carbocycles. The number of halogens is 4. The quantitative estimate of drug-likeness (QED) is 0.0825. The van der Waals surface area contributed by atoms with Crippen LogP contribution in [0.4, 0.5) is 36.4 Å². The van der Waals surface area contributed by atoms with Gasteiger partial charge in [-0.25, -0.2) is 4.79 Å². The summed E-state index contributed by atoms with van der Waals surface area (Å²) < 4.78 is 53.6. The van der Waals surface area contributed by atoms with Crippen LogP contribution in [0.3, 0.4) is 0 Å². The molecule has 284 valence electrons. The molecule has 0 bridgehead atoms. The number of nitrogens with zero attached hydrogens (tertiary/aromatic N) is 3. The highest BCUT2D eigenvalue weighted by atomic mass is 35.5. The number of methoxy groups -OCH3 is 2. The molecule has 15 nitrogen and oxygen atoms in total. The minimum Gasteiger partial charge on any atom is -0.497 e. The van der Waals surface area contributed by atoms with E-state index >= 15 is 0 Å². The maximum absolute atomic E-state index is 13.1. The van der Waals surface area contributed by atoms with Gasteiger partial charge >= 0.3 is 30.0 Å². The fourth-order valence-electron chi connectivity index (χ4n) is 5.04. The number of nitrogens with one attached hydrogen (secondary N) is 5. The number of rotatable bonds is 15. The second-order valence-corrected chi connectivity index (χ2v) is 12.3. The van der Waals surface area contributed by atoms with Crippen molar-refractivity contribution in [1.82, 2.24) is 25.6 Å². The van der Waals surface area contributed by atoms with Crippen molar-refractivity contribution in [3.05, 3.63) is 88.9 Å². The summed E-state index contributed by atoms with van der Waals surface area (Å²) in [7, 11) is 2.59. The SMILES string of the molecule is COC(=O)[C@H](CCNC(=O)C(=O)Nc1cccc(OC)c1)NC(=O)c1ccc(Nc2nc(NC3(c4ccc(Cl)cc4)CC3)nc(OCC(F)(F)F)n2)cc1. The third kappa shape index (κ3) is 10.9. The van der Waals surface area contributed by atoms with Gasteiger partial charge < -0.3 is 40.8 Å². The molecule has 1 aromatic heterocycles. The summed E-state index contributed by atoms with van der Waals surface area (Å²) in [5.74, 6) is -3.06. The first-order chi connectivity index (χ1) is 25.8. The molecule has 19 heteroatoms. The number of amides is 3. The molecule has 4 aromatic rings. The molecule has 1 aliphatic carbocycles. The lowest BCUT2D eigenvalue weighted by Gasteiger charge is -2.19. The number of hydrogen-bond donors (Lipinski definition) is 5. The first-order valence-corrected chi connectivity index (χ1v) is 16.6. The number of aromatic nitrogens is 3. The third-order valence-corrected chi connectivity index (χ3v) is 8.18. The van der Waals surface area contributed by atoms with Crippen LogP contribution < -0.4 is 36.1 Å². The zero-order valence-electron chi connectivity index (χ0n) is 28.8. The van der Waals surface area contributed by atoms with E-state index in [1.165, 1.54) is 37.4 Å². The summed E-state index contributed by atoms with van der Waals surface area (Å²) >= 11 is 6.03. The molecule has 0 aliphatic heterocycles. The maximum Gasteiger partial charge on any atom is 0.422 e. The molecule has 5 rings (SSSR count). The summed E-state index contributed by atoms with van der Waals surface area (Å²) in [5, 5.41) is 14.0. The van der Waals surface area contributed by atoms with Crippen molar-refractivity contribution in [1.29, 1.82) is 0 Å². The second kappa shape index (κ2) is 17.1. The molecule has 0 radical (unpaired) electrons. The minimum absolute atomic E-state index is 0.0318. The highest BCUT2D eigenvalue weighted by Crippen LogP contribution is 2.48. The molecule has 1 aliphatic rings. The molecule has 3 amide bonds. The molecule has 54 heavy (non-hydrogen) atoms. The number of esters is 1. The number of alkyl halides is 3. The number of carbonyl (C=O) groups excluding carboxylic acids is 4. The van der Waals surface area contributed by atoms with Crippen molar-refractivity contribution < 1.29 is 46.6 Å². The summed E-state index contributed by atoms with van der Waals surface area (Å²) in [6.45, 7) is -1.79. The Balaban J connectivity index is 1.20. The van der Waals surface area contributed by atoms with Gasteiger partial charge in [0.1, 0.15) is 11.8 Å².